The number of carbonyl (C=O) groups excluding carboxylic acids is 1. The Morgan fingerprint density at radius 2 is 2.00 bits per heavy atom. The van der Waals surface area contributed by atoms with E-state index in [0.29, 0.717) is 9.13 Å². The fraction of sp³-hybridized carbons (Fsp3) is 0.125. The van der Waals surface area contributed by atoms with Crippen LogP contribution in [0.5, 0.6) is 0 Å². The van der Waals surface area contributed by atoms with Crippen LogP contribution in [-0.4, -0.2) is 13.6 Å². The van der Waals surface area contributed by atoms with Crippen molar-refractivity contribution in [3.63, 3.8) is 0 Å². The number of rotatable bonds is 0. The molecule has 0 saturated heterocycles. The van der Waals surface area contributed by atoms with E-state index in [1.807, 2.05) is 0 Å². The number of hydrogen-bond acceptors (Lipinski definition) is 2. The third-order valence-electron chi connectivity index (χ3n) is 1.79. The van der Waals surface area contributed by atoms with Gasteiger partial charge < -0.3 is 0 Å². The minimum absolute atomic E-state index is 0.161. The van der Waals surface area contributed by atoms with Crippen LogP contribution >= 0.6 is 18.8 Å². The van der Waals surface area contributed by atoms with Crippen molar-refractivity contribution in [2.45, 2.75) is 0 Å². The molecule has 1 aliphatic heterocycles. The van der Waals surface area contributed by atoms with Crippen LogP contribution in [-0.2, 0) is 3.07 Å². The second-order valence-corrected chi connectivity index (χ2v) is 7.94. The SMILES string of the molecule is O=C1CI(=O)(O)c2ccccc21. The molecule has 0 radical (unpaired) electrons. The van der Waals surface area contributed by atoms with Crippen molar-refractivity contribution in [3.05, 3.63) is 33.4 Å². The maximum atomic E-state index is 11.5. The number of hydrogen-bond donors (Lipinski definition) is 1. The summed E-state index contributed by atoms with van der Waals surface area (Å²) in [6.07, 6.45) is 0. The molecule has 0 spiro atoms. The monoisotopic (exact) mass is 278 g/mol. The third-order valence-corrected chi connectivity index (χ3v) is 6.28. The molecule has 1 aliphatic rings. The van der Waals surface area contributed by atoms with Gasteiger partial charge in [-0.05, 0) is 0 Å². The number of Topliss-reactive ketones (excluding diaryl/α,β-unsaturated/α-hetero) is 1. The molecule has 1 aromatic carbocycles. The molecule has 3 nitrogen and oxygen atoms in total. The average molecular weight is 278 g/mol. The topological polar surface area (TPSA) is 54.4 Å². The van der Waals surface area contributed by atoms with Gasteiger partial charge in [0, 0.05) is 0 Å². The Kier molecular flexibility index (Phi) is 1.62. The summed E-state index contributed by atoms with van der Waals surface area (Å²) in [6.45, 7) is 0. The van der Waals surface area contributed by atoms with Crippen LogP contribution in [0.4, 0.5) is 0 Å². The molecule has 1 unspecified atom stereocenters. The van der Waals surface area contributed by atoms with Gasteiger partial charge in [0.2, 0.25) is 0 Å². The first-order valence-electron chi connectivity index (χ1n) is 3.41. The molecule has 0 aliphatic carbocycles. The predicted octanol–water partition coefficient (Wildman–Crippen LogP) is 1.35. The molecule has 12 heavy (non-hydrogen) atoms. The molecule has 0 aromatic heterocycles. The molecule has 4 heteroatoms. The summed E-state index contributed by atoms with van der Waals surface area (Å²) in [6, 6.07) is 6.57. The average Bonchev–Trinajstić information content (AvgIpc) is 2.25. The molecule has 64 valence electrons. The van der Waals surface area contributed by atoms with Gasteiger partial charge in [0.05, 0.1) is 0 Å². The molecule has 0 saturated carbocycles. The molecule has 0 amide bonds. The van der Waals surface area contributed by atoms with Gasteiger partial charge in [-0.1, -0.05) is 0 Å². The van der Waals surface area contributed by atoms with Gasteiger partial charge in [-0.2, -0.15) is 0 Å². The summed E-state index contributed by atoms with van der Waals surface area (Å²) in [5.41, 5.74) is 0.436. The fourth-order valence-electron chi connectivity index (χ4n) is 1.25. The van der Waals surface area contributed by atoms with Crippen molar-refractivity contribution in [2.75, 3.05) is 4.43 Å². The first-order valence-corrected chi connectivity index (χ1v) is 7.86. The predicted molar refractivity (Wildman–Crippen MR) is 51.3 cm³/mol. The Bertz CT molecular complexity index is 397. The summed E-state index contributed by atoms with van der Waals surface area (Å²) < 4.78 is 21.1. The Hall–Kier alpha value is -0.620. The van der Waals surface area contributed by atoms with Gasteiger partial charge in [0.25, 0.3) is 0 Å². The Labute approximate surface area is 73.8 Å². The minimum atomic E-state index is -4.04. The van der Waals surface area contributed by atoms with Crippen molar-refractivity contribution in [3.8, 4) is 0 Å². The molecular formula is C8H7IO3. The normalized spacial score (nSPS) is 32.6. The zero-order valence-electron chi connectivity index (χ0n) is 6.16. The Balaban J connectivity index is 2.74. The van der Waals surface area contributed by atoms with Crippen LogP contribution in [0.2, 0.25) is 0 Å². The van der Waals surface area contributed by atoms with Gasteiger partial charge in [-0.3, -0.25) is 0 Å². The maximum absolute atomic E-state index is 11.5. The second-order valence-electron chi connectivity index (χ2n) is 2.63. The number of carbonyl (C=O) groups is 1. The van der Waals surface area contributed by atoms with Crippen LogP contribution < -0.4 is 0 Å². The van der Waals surface area contributed by atoms with E-state index < -0.39 is 18.8 Å². The van der Waals surface area contributed by atoms with Gasteiger partial charge in [-0.25, -0.2) is 0 Å². The van der Waals surface area contributed by atoms with Crippen LogP contribution in [0.15, 0.2) is 24.3 Å². The van der Waals surface area contributed by atoms with E-state index in [4.69, 9.17) is 0 Å². The van der Waals surface area contributed by atoms with E-state index in [0.717, 1.165) is 0 Å². The Morgan fingerprint density at radius 1 is 1.33 bits per heavy atom. The summed E-state index contributed by atoms with van der Waals surface area (Å²) in [5, 5.41) is 0. The molecular weight excluding hydrogens is 271 g/mol. The van der Waals surface area contributed by atoms with Crippen LogP contribution in [0.1, 0.15) is 10.4 Å². The second kappa shape index (κ2) is 2.43. The Morgan fingerprint density at radius 3 is 2.67 bits per heavy atom. The zero-order chi connectivity index (χ0) is 8.77. The van der Waals surface area contributed by atoms with Crippen molar-refractivity contribution in [2.24, 2.45) is 0 Å². The number of benzene rings is 1. The van der Waals surface area contributed by atoms with Gasteiger partial charge in [-0.15, -0.1) is 0 Å². The molecule has 1 aromatic rings. The number of halogens is 1. The van der Waals surface area contributed by atoms with Gasteiger partial charge in [0.1, 0.15) is 0 Å². The van der Waals surface area contributed by atoms with Crippen molar-refractivity contribution >= 4 is 24.6 Å². The van der Waals surface area contributed by atoms with Crippen molar-refractivity contribution < 1.29 is 11.3 Å². The molecule has 0 fully saturated rings. The number of ketones is 1. The van der Waals surface area contributed by atoms with Gasteiger partial charge >= 0.3 is 73.7 Å². The fourth-order valence-corrected chi connectivity index (χ4v) is 5.17. The van der Waals surface area contributed by atoms with E-state index in [-0.39, 0.29) is 10.2 Å². The van der Waals surface area contributed by atoms with E-state index >= 15 is 0 Å². The molecule has 2 rings (SSSR count). The zero-order valence-corrected chi connectivity index (χ0v) is 8.32. The third kappa shape index (κ3) is 1.02. The number of alkyl halides is 1. The number of fused-ring (bicyclic) bond motifs is 1. The van der Waals surface area contributed by atoms with E-state index in [2.05, 4.69) is 0 Å². The molecule has 0 bridgehead atoms. The molecule has 1 N–H and O–H groups in total. The standard InChI is InChI=1S/C8H7IO3/c10-8-5-9(11,12)7-4-2-1-3-6(7)8/h1-4H,5H2,(H,11,12). The van der Waals surface area contributed by atoms with E-state index in [9.17, 15) is 11.3 Å². The van der Waals surface area contributed by atoms with E-state index in [1.54, 1.807) is 24.3 Å². The molecule has 1 heterocycles. The molecule has 1 atom stereocenters. The summed E-state index contributed by atoms with van der Waals surface area (Å²) in [5.74, 6) is -0.195. The van der Waals surface area contributed by atoms with E-state index in [1.165, 1.54) is 0 Å². The quantitative estimate of drug-likeness (QED) is 0.575. The van der Waals surface area contributed by atoms with Crippen LogP contribution in [0.25, 0.3) is 0 Å². The summed E-state index contributed by atoms with van der Waals surface area (Å²) in [7, 11) is 0. The summed E-state index contributed by atoms with van der Waals surface area (Å²) in [4.78, 5) is 11.2. The van der Waals surface area contributed by atoms with Gasteiger partial charge in [0.15, 0.2) is 0 Å². The van der Waals surface area contributed by atoms with Crippen molar-refractivity contribution in [1.82, 2.24) is 0 Å². The summed E-state index contributed by atoms with van der Waals surface area (Å²) >= 11 is -4.04. The first-order chi connectivity index (χ1) is 5.61. The van der Waals surface area contributed by atoms with Crippen molar-refractivity contribution in [1.29, 1.82) is 0 Å². The van der Waals surface area contributed by atoms with Crippen LogP contribution in [0.3, 0.4) is 0 Å². The first kappa shape index (κ1) is 8.00. The van der Waals surface area contributed by atoms with Crippen LogP contribution in [0, 0.1) is 3.57 Å².